The number of ether oxygens (including phenoxy) is 2. The smallest absolute Gasteiger partial charge is 0.408 e. The van der Waals surface area contributed by atoms with Crippen LogP contribution in [0.1, 0.15) is 40.2 Å². The van der Waals surface area contributed by atoms with Gasteiger partial charge in [-0.25, -0.2) is 9.18 Å². The van der Waals surface area contributed by atoms with Crippen molar-refractivity contribution in [3.05, 3.63) is 35.6 Å². The molecule has 1 aromatic carbocycles. The fraction of sp³-hybridized carbons (Fsp3) is 0.579. The van der Waals surface area contributed by atoms with Gasteiger partial charge in [0.15, 0.2) is 0 Å². The molecule has 0 saturated heterocycles. The Labute approximate surface area is 154 Å². The molecule has 7 heteroatoms. The zero-order chi connectivity index (χ0) is 19.7. The van der Waals surface area contributed by atoms with Crippen molar-refractivity contribution in [2.45, 2.75) is 59.4 Å². The van der Waals surface area contributed by atoms with Gasteiger partial charge in [0, 0.05) is 11.6 Å². The number of hydrogen-bond acceptors (Lipinski definition) is 4. The lowest BCUT2D eigenvalue weighted by molar-refractivity contribution is -0.125. The Morgan fingerprint density at radius 3 is 2.31 bits per heavy atom. The number of hydrogen-bond donors (Lipinski definition) is 2. The quantitative estimate of drug-likeness (QED) is 0.702. The number of carbonyl (C=O) groups excluding carboxylic acids is 2. The van der Waals surface area contributed by atoms with Gasteiger partial charge in [-0.15, -0.1) is 0 Å². The minimum absolute atomic E-state index is 0.110. The van der Waals surface area contributed by atoms with Crippen molar-refractivity contribution < 1.29 is 23.5 Å². The van der Waals surface area contributed by atoms with E-state index in [1.165, 1.54) is 6.07 Å². The highest BCUT2D eigenvalue weighted by molar-refractivity contribution is 5.86. The van der Waals surface area contributed by atoms with Crippen LogP contribution >= 0.6 is 0 Å². The number of rotatable bonds is 9. The van der Waals surface area contributed by atoms with Crippen LogP contribution in [0.5, 0.6) is 0 Å². The van der Waals surface area contributed by atoms with Crippen LogP contribution in [0, 0.1) is 11.7 Å². The fourth-order valence-corrected chi connectivity index (χ4v) is 2.25. The average molecular weight is 368 g/mol. The molecule has 0 aliphatic rings. The number of nitrogens with one attached hydrogen (secondary N) is 2. The number of halogens is 1. The summed E-state index contributed by atoms with van der Waals surface area (Å²) in [6.45, 7) is 9.26. The minimum Gasteiger partial charge on any atom is -0.447 e. The van der Waals surface area contributed by atoms with Gasteiger partial charge >= 0.3 is 6.09 Å². The summed E-state index contributed by atoms with van der Waals surface area (Å²) >= 11 is 0. The Morgan fingerprint density at radius 2 is 1.73 bits per heavy atom. The first-order valence-corrected chi connectivity index (χ1v) is 8.79. The average Bonchev–Trinajstić information content (AvgIpc) is 2.53. The highest BCUT2D eigenvalue weighted by Gasteiger charge is 2.26. The van der Waals surface area contributed by atoms with Crippen molar-refractivity contribution in [1.29, 1.82) is 0 Å². The second-order valence-corrected chi connectivity index (χ2v) is 6.84. The van der Waals surface area contributed by atoms with Gasteiger partial charge in [0.05, 0.1) is 19.3 Å². The normalized spacial score (nSPS) is 13.4. The minimum atomic E-state index is -0.713. The molecule has 0 radical (unpaired) electrons. The van der Waals surface area contributed by atoms with Crippen molar-refractivity contribution >= 4 is 12.0 Å². The third-order valence-corrected chi connectivity index (χ3v) is 3.54. The summed E-state index contributed by atoms with van der Waals surface area (Å²) < 4.78 is 24.0. The Balaban J connectivity index is 2.47. The van der Waals surface area contributed by atoms with Crippen molar-refractivity contribution in [3.8, 4) is 0 Å². The summed E-state index contributed by atoms with van der Waals surface area (Å²) in [4.78, 5) is 24.2. The van der Waals surface area contributed by atoms with Gasteiger partial charge in [0.25, 0.3) is 0 Å². The highest BCUT2D eigenvalue weighted by atomic mass is 19.1. The molecule has 6 nitrogen and oxygen atoms in total. The summed E-state index contributed by atoms with van der Waals surface area (Å²) in [7, 11) is 0. The number of alkyl carbamates (subject to hydrolysis) is 1. The topological polar surface area (TPSA) is 76.7 Å². The molecular formula is C19H29FN2O4. The van der Waals surface area contributed by atoms with E-state index in [0.717, 1.165) is 0 Å². The van der Waals surface area contributed by atoms with E-state index in [9.17, 15) is 14.0 Å². The molecule has 1 rings (SSSR count). The van der Waals surface area contributed by atoms with Crippen LogP contribution in [0.2, 0.25) is 0 Å². The Morgan fingerprint density at radius 1 is 1.08 bits per heavy atom. The maximum Gasteiger partial charge on any atom is 0.408 e. The standard InChI is InChI=1S/C19H29FN2O4/c1-12(2)17(22-19(24)26-13(3)4)18(23)21-14(5)10-25-11-15-8-6-7-9-16(15)20/h6-9,12-14,17H,10-11H2,1-5H3,(H,21,23)(H,22,24). The maximum atomic E-state index is 13.5. The lowest BCUT2D eigenvalue weighted by Crippen LogP contribution is -2.52. The van der Waals surface area contributed by atoms with Gasteiger partial charge in [0.2, 0.25) is 5.91 Å². The van der Waals surface area contributed by atoms with Crippen LogP contribution in [0.4, 0.5) is 9.18 Å². The predicted molar refractivity (Wildman–Crippen MR) is 97.0 cm³/mol. The van der Waals surface area contributed by atoms with Gasteiger partial charge < -0.3 is 20.1 Å². The molecule has 1 aromatic rings. The number of amides is 2. The lowest BCUT2D eigenvalue weighted by Gasteiger charge is -2.24. The largest absolute Gasteiger partial charge is 0.447 e. The summed E-state index contributed by atoms with van der Waals surface area (Å²) in [6.07, 6.45) is -0.895. The zero-order valence-electron chi connectivity index (χ0n) is 16.0. The molecule has 2 amide bonds. The Kier molecular flexibility index (Phi) is 9.05. The predicted octanol–water partition coefficient (Wildman–Crippen LogP) is 3.01. The molecule has 0 heterocycles. The summed E-state index contributed by atoms with van der Waals surface area (Å²) in [5.74, 6) is -0.749. The summed E-state index contributed by atoms with van der Waals surface area (Å²) in [5.41, 5.74) is 0.462. The first-order valence-electron chi connectivity index (χ1n) is 8.79. The van der Waals surface area contributed by atoms with Crippen molar-refractivity contribution in [2.75, 3.05) is 6.61 Å². The maximum absolute atomic E-state index is 13.5. The van der Waals surface area contributed by atoms with Crippen LogP contribution in [0.25, 0.3) is 0 Å². The first kappa shape index (κ1) is 21.9. The van der Waals surface area contributed by atoms with Gasteiger partial charge in [-0.2, -0.15) is 0 Å². The van der Waals surface area contributed by atoms with E-state index in [0.29, 0.717) is 5.56 Å². The third-order valence-electron chi connectivity index (χ3n) is 3.54. The molecular weight excluding hydrogens is 339 g/mol. The SMILES string of the molecule is CC(COCc1ccccc1F)NC(=O)C(NC(=O)OC(C)C)C(C)C. The molecule has 2 atom stereocenters. The molecule has 2 N–H and O–H groups in total. The van der Waals surface area contributed by atoms with Crippen molar-refractivity contribution in [2.24, 2.45) is 5.92 Å². The van der Waals surface area contributed by atoms with Crippen LogP contribution < -0.4 is 10.6 Å². The monoisotopic (exact) mass is 368 g/mol. The molecule has 26 heavy (non-hydrogen) atoms. The van der Waals surface area contributed by atoms with Crippen LogP contribution in [-0.2, 0) is 20.9 Å². The second kappa shape index (κ2) is 10.8. The van der Waals surface area contributed by atoms with E-state index in [4.69, 9.17) is 9.47 Å². The highest BCUT2D eigenvalue weighted by Crippen LogP contribution is 2.08. The van der Waals surface area contributed by atoms with Crippen LogP contribution in [0.15, 0.2) is 24.3 Å². The van der Waals surface area contributed by atoms with E-state index in [2.05, 4.69) is 10.6 Å². The van der Waals surface area contributed by atoms with Crippen molar-refractivity contribution in [3.63, 3.8) is 0 Å². The third kappa shape index (κ3) is 7.82. The molecule has 0 aliphatic heterocycles. The molecule has 0 aliphatic carbocycles. The van der Waals surface area contributed by atoms with Crippen molar-refractivity contribution in [1.82, 2.24) is 10.6 Å². The first-order chi connectivity index (χ1) is 12.2. The molecule has 0 fully saturated rings. The summed E-state index contributed by atoms with van der Waals surface area (Å²) in [5, 5.41) is 5.37. The lowest BCUT2D eigenvalue weighted by atomic mass is 10.0. The van der Waals surface area contributed by atoms with E-state index in [1.54, 1.807) is 39.0 Å². The van der Waals surface area contributed by atoms with Gasteiger partial charge in [-0.05, 0) is 32.8 Å². The molecule has 146 valence electrons. The van der Waals surface area contributed by atoms with E-state index in [-0.39, 0.29) is 43.0 Å². The number of benzene rings is 1. The molecule has 0 saturated carbocycles. The molecule has 2 unspecified atom stereocenters. The van der Waals surface area contributed by atoms with Gasteiger partial charge in [-0.1, -0.05) is 32.0 Å². The van der Waals surface area contributed by atoms with E-state index >= 15 is 0 Å². The summed E-state index contributed by atoms with van der Waals surface area (Å²) in [6, 6.07) is 5.37. The van der Waals surface area contributed by atoms with Crippen LogP contribution in [0.3, 0.4) is 0 Å². The fourth-order valence-electron chi connectivity index (χ4n) is 2.25. The van der Waals surface area contributed by atoms with E-state index in [1.807, 2.05) is 13.8 Å². The Bertz CT molecular complexity index is 593. The zero-order valence-corrected chi connectivity index (χ0v) is 16.0. The molecule has 0 bridgehead atoms. The molecule has 0 aromatic heterocycles. The number of carbonyl (C=O) groups is 2. The Hall–Kier alpha value is -2.15. The van der Waals surface area contributed by atoms with Crippen LogP contribution in [-0.4, -0.2) is 36.8 Å². The second-order valence-electron chi connectivity index (χ2n) is 6.84. The van der Waals surface area contributed by atoms with E-state index < -0.39 is 12.1 Å². The van der Waals surface area contributed by atoms with Gasteiger partial charge in [-0.3, -0.25) is 4.79 Å². The molecule has 0 spiro atoms. The van der Waals surface area contributed by atoms with Gasteiger partial charge in [0.1, 0.15) is 11.9 Å².